The number of imidazole rings is 1. The SMILES string of the molecule is CN1C(=O)c2cccc(C3CC3)c2[C@H]2C[C@@H]1c1nc3ccc(-c4cnc(C5(N)CC(C)(C#N)C5)c(F)c4)cc3n12. The van der Waals surface area contributed by atoms with Gasteiger partial charge in [0.25, 0.3) is 5.91 Å². The lowest BCUT2D eigenvalue weighted by Gasteiger charge is -2.48. The molecular formula is C32H29FN6O. The Balaban J connectivity index is 1.23. The third-order valence-electron chi connectivity index (χ3n) is 9.61. The Morgan fingerprint density at radius 3 is 2.65 bits per heavy atom. The van der Waals surface area contributed by atoms with Gasteiger partial charge in [-0.3, -0.25) is 9.78 Å². The van der Waals surface area contributed by atoms with E-state index in [0.29, 0.717) is 24.3 Å². The van der Waals surface area contributed by atoms with Crippen molar-refractivity contribution in [3.8, 4) is 17.2 Å². The van der Waals surface area contributed by atoms with Gasteiger partial charge in [-0.25, -0.2) is 9.37 Å². The number of rotatable bonds is 3. The number of hydrogen-bond donors (Lipinski definition) is 1. The molecule has 8 rings (SSSR count). The number of pyridine rings is 1. The number of carbonyl (C=O) groups excluding carboxylic acids is 1. The topological polar surface area (TPSA) is 101 Å². The molecule has 200 valence electrons. The van der Waals surface area contributed by atoms with Crippen LogP contribution in [0.15, 0.2) is 48.7 Å². The molecule has 2 aliphatic heterocycles. The maximum Gasteiger partial charge on any atom is 0.254 e. The summed E-state index contributed by atoms with van der Waals surface area (Å²) in [6.07, 6.45) is 5.56. The summed E-state index contributed by atoms with van der Waals surface area (Å²) in [5, 5.41) is 9.38. The quantitative estimate of drug-likeness (QED) is 0.364. The van der Waals surface area contributed by atoms with Crippen LogP contribution < -0.4 is 5.73 Å². The highest BCUT2D eigenvalue weighted by Gasteiger charge is 2.53. The first-order chi connectivity index (χ1) is 19.2. The maximum absolute atomic E-state index is 15.4. The minimum atomic E-state index is -0.921. The Kier molecular flexibility index (Phi) is 4.61. The van der Waals surface area contributed by atoms with Gasteiger partial charge in [0.1, 0.15) is 11.6 Å². The van der Waals surface area contributed by atoms with Crippen LogP contribution in [0.2, 0.25) is 0 Å². The zero-order chi connectivity index (χ0) is 27.6. The zero-order valence-corrected chi connectivity index (χ0v) is 22.5. The number of nitriles is 1. The number of nitrogens with two attached hydrogens (primary N) is 1. The number of amides is 1. The molecule has 0 radical (unpaired) electrons. The number of carbonyl (C=O) groups is 1. The minimum Gasteiger partial charge on any atom is -0.331 e. The van der Waals surface area contributed by atoms with E-state index in [1.807, 2.05) is 43.1 Å². The molecule has 0 spiro atoms. The predicted molar refractivity (Wildman–Crippen MR) is 148 cm³/mol. The molecule has 0 unspecified atom stereocenters. The average Bonchev–Trinajstić information content (AvgIpc) is 3.64. The Hall–Kier alpha value is -4.09. The summed E-state index contributed by atoms with van der Waals surface area (Å²) in [5.74, 6) is 1.03. The molecule has 2 saturated carbocycles. The number of nitrogens with zero attached hydrogens (tertiary/aromatic N) is 5. The molecule has 4 heterocycles. The normalized spacial score (nSPS) is 28.6. The van der Waals surface area contributed by atoms with E-state index in [0.717, 1.165) is 52.8 Å². The highest BCUT2D eigenvalue weighted by Crippen LogP contribution is 2.53. The first kappa shape index (κ1) is 23.8. The van der Waals surface area contributed by atoms with Crippen molar-refractivity contribution in [2.24, 2.45) is 11.1 Å². The molecule has 2 aliphatic carbocycles. The first-order valence-corrected chi connectivity index (χ1v) is 14.0. The number of benzene rings is 2. The van der Waals surface area contributed by atoms with Crippen LogP contribution >= 0.6 is 0 Å². The van der Waals surface area contributed by atoms with Gasteiger partial charge in [-0.1, -0.05) is 18.2 Å². The van der Waals surface area contributed by atoms with Crippen LogP contribution in [-0.4, -0.2) is 32.4 Å². The summed E-state index contributed by atoms with van der Waals surface area (Å²) in [7, 11) is 1.88. The average molecular weight is 533 g/mol. The third-order valence-corrected chi connectivity index (χ3v) is 9.61. The van der Waals surface area contributed by atoms with E-state index in [-0.39, 0.29) is 23.7 Å². The fourth-order valence-electron chi connectivity index (χ4n) is 7.63. The molecule has 2 atom stereocenters. The van der Waals surface area contributed by atoms with Crippen molar-refractivity contribution < 1.29 is 9.18 Å². The van der Waals surface area contributed by atoms with E-state index in [9.17, 15) is 10.1 Å². The van der Waals surface area contributed by atoms with Gasteiger partial charge in [-0.2, -0.15) is 5.26 Å². The van der Waals surface area contributed by atoms with Gasteiger partial charge >= 0.3 is 0 Å². The highest BCUT2D eigenvalue weighted by molar-refractivity contribution is 5.97. The lowest BCUT2D eigenvalue weighted by atomic mass is 9.58. The van der Waals surface area contributed by atoms with Crippen molar-refractivity contribution in [3.63, 3.8) is 0 Å². The van der Waals surface area contributed by atoms with Gasteiger partial charge in [-0.15, -0.1) is 0 Å². The van der Waals surface area contributed by atoms with Gasteiger partial charge in [-0.05, 0) is 79.5 Å². The molecule has 1 amide bonds. The fourth-order valence-corrected chi connectivity index (χ4v) is 7.63. The fraction of sp³-hybridized carbons (Fsp3) is 0.375. The minimum absolute atomic E-state index is 0.0170. The van der Waals surface area contributed by atoms with Crippen molar-refractivity contribution in [1.29, 1.82) is 5.26 Å². The molecule has 7 nitrogen and oxygen atoms in total. The van der Waals surface area contributed by atoms with Crippen LogP contribution in [0.3, 0.4) is 0 Å². The number of aromatic nitrogens is 3. The van der Waals surface area contributed by atoms with Gasteiger partial charge in [0, 0.05) is 30.8 Å². The second kappa shape index (κ2) is 7.76. The summed E-state index contributed by atoms with van der Waals surface area (Å²) >= 11 is 0. The van der Waals surface area contributed by atoms with E-state index < -0.39 is 16.8 Å². The first-order valence-electron chi connectivity index (χ1n) is 14.0. The summed E-state index contributed by atoms with van der Waals surface area (Å²) < 4.78 is 17.7. The Labute approximate surface area is 231 Å². The second-order valence-corrected chi connectivity index (χ2v) is 12.5. The van der Waals surface area contributed by atoms with E-state index >= 15 is 4.39 Å². The summed E-state index contributed by atoms with van der Waals surface area (Å²) in [4.78, 5) is 24.8. The summed E-state index contributed by atoms with van der Waals surface area (Å²) in [6, 6.07) is 15.8. The standard InChI is InChI=1S/C32H29FN6O/c1-31(16-34)14-32(35,15-31)28-22(33)10-19(13-36-28)18-8-9-23-24(11-18)39-25-12-26(29(39)37-23)38(2)30(40)21-5-3-4-20(27(21)25)17-6-7-17/h3-5,8-11,13,17,25-26H,6-7,12,14-15,35H2,1-2H3/t25-,26-,31?,32?/m1/s1. The molecule has 2 bridgehead atoms. The number of fused-ring (bicyclic) bond motifs is 9. The van der Waals surface area contributed by atoms with Crippen molar-refractivity contribution in [2.75, 3.05) is 7.05 Å². The van der Waals surface area contributed by atoms with E-state index in [1.54, 1.807) is 6.20 Å². The van der Waals surface area contributed by atoms with Crippen LogP contribution in [0.4, 0.5) is 4.39 Å². The molecule has 4 aliphatic rings. The van der Waals surface area contributed by atoms with Crippen molar-refractivity contribution >= 4 is 16.9 Å². The van der Waals surface area contributed by atoms with E-state index in [1.165, 1.54) is 11.6 Å². The van der Waals surface area contributed by atoms with Gasteiger partial charge in [0.15, 0.2) is 0 Å². The molecule has 0 saturated heterocycles. The van der Waals surface area contributed by atoms with Crippen molar-refractivity contribution in [1.82, 2.24) is 19.4 Å². The monoisotopic (exact) mass is 532 g/mol. The third kappa shape index (κ3) is 3.15. The molecular weight excluding hydrogens is 503 g/mol. The molecule has 40 heavy (non-hydrogen) atoms. The van der Waals surface area contributed by atoms with Gasteiger partial charge < -0.3 is 15.2 Å². The zero-order valence-electron chi connectivity index (χ0n) is 22.5. The maximum atomic E-state index is 15.4. The van der Waals surface area contributed by atoms with Gasteiger partial charge in [0.2, 0.25) is 0 Å². The van der Waals surface area contributed by atoms with Crippen LogP contribution in [0.25, 0.3) is 22.2 Å². The predicted octanol–water partition coefficient (Wildman–Crippen LogP) is 5.71. The lowest BCUT2D eigenvalue weighted by molar-refractivity contribution is 0.0734. The van der Waals surface area contributed by atoms with E-state index in [2.05, 4.69) is 27.8 Å². The molecule has 2 aromatic heterocycles. The van der Waals surface area contributed by atoms with Crippen LogP contribution in [0, 0.1) is 22.6 Å². The Morgan fingerprint density at radius 2 is 1.93 bits per heavy atom. The van der Waals surface area contributed by atoms with Gasteiger partial charge in [0.05, 0.1) is 45.8 Å². The molecule has 8 heteroatoms. The molecule has 4 aromatic rings. The van der Waals surface area contributed by atoms with Crippen molar-refractivity contribution in [2.45, 2.75) is 62.6 Å². The Bertz CT molecular complexity index is 1810. The summed E-state index contributed by atoms with van der Waals surface area (Å²) in [5.41, 5.74) is 11.8. The largest absolute Gasteiger partial charge is 0.331 e. The van der Waals surface area contributed by atoms with E-state index in [4.69, 9.17) is 10.7 Å². The number of hydrogen-bond acceptors (Lipinski definition) is 5. The number of halogens is 1. The Morgan fingerprint density at radius 1 is 1.12 bits per heavy atom. The summed E-state index contributed by atoms with van der Waals surface area (Å²) in [6.45, 7) is 1.85. The lowest BCUT2D eigenvalue weighted by Crippen LogP contribution is -2.54. The van der Waals surface area contributed by atoms with Crippen molar-refractivity contribution in [3.05, 3.63) is 82.7 Å². The molecule has 2 aromatic carbocycles. The smallest absolute Gasteiger partial charge is 0.254 e. The van der Waals surface area contributed by atoms with Crippen LogP contribution in [-0.2, 0) is 5.54 Å². The molecule has 2 N–H and O–H groups in total. The molecule has 2 fully saturated rings. The van der Waals surface area contributed by atoms with Crippen LogP contribution in [0.5, 0.6) is 0 Å². The highest BCUT2D eigenvalue weighted by atomic mass is 19.1. The second-order valence-electron chi connectivity index (χ2n) is 12.5. The van der Waals surface area contributed by atoms with Crippen LogP contribution in [0.1, 0.15) is 90.0 Å².